The molecule has 0 amide bonds. The highest BCUT2D eigenvalue weighted by molar-refractivity contribution is 5.89. The van der Waals surface area contributed by atoms with Crippen molar-refractivity contribution in [3.05, 3.63) is 104 Å². The van der Waals surface area contributed by atoms with Gasteiger partial charge in [-0.3, -0.25) is 19.7 Å². The maximum atomic E-state index is 13.2. The van der Waals surface area contributed by atoms with E-state index < -0.39 is 22.0 Å². The maximum absolute atomic E-state index is 13.2. The van der Waals surface area contributed by atoms with Crippen LogP contribution in [0.3, 0.4) is 0 Å². The molecule has 0 radical (unpaired) electrons. The number of fused-ring (bicyclic) bond motifs is 1. The van der Waals surface area contributed by atoms with Crippen molar-refractivity contribution in [1.82, 2.24) is 0 Å². The van der Waals surface area contributed by atoms with Gasteiger partial charge in [0.2, 0.25) is 5.76 Å². The zero-order valence-corrected chi connectivity index (χ0v) is 18.8. The van der Waals surface area contributed by atoms with Gasteiger partial charge in [0.25, 0.3) is 5.43 Å². The number of carbonyl (C=O) groups is 1. The standard InChI is InChI=1S/C26H21NO8/c1-32-16-34-22(28)14-18-10-7-12-20-24(29)23(27(30)31)26(35-25(18)20)19-11-5-6-13-21(19)33-15-17-8-3-2-4-9-17/h2-13H,14-16H2,1H3. The van der Waals surface area contributed by atoms with E-state index in [0.717, 1.165) is 5.56 Å². The molecule has 4 rings (SSSR count). The second kappa shape index (κ2) is 10.6. The molecule has 0 saturated carbocycles. The molecular weight excluding hydrogens is 454 g/mol. The van der Waals surface area contributed by atoms with Crippen LogP contribution in [0.15, 0.2) is 82.0 Å². The SMILES string of the molecule is COCOC(=O)Cc1cccc2c(=O)c([N+](=O)[O-])c(-c3ccccc3OCc3ccccc3)oc12. The van der Waals surface area contributed by atoms with Crippen LogP contribution in [0.4, 0.5) is 5.69 Å². The Hall–Kier alpha value is -4.50. The maximum Gasteiger partial charge on any atom is 0.359 e. The molecule has 0 aliphatic carbocycles. The summed E-state index contributed by atoms with van der Waals surface area (Å²) in [5, 5.41) is 11.9. The fraction of sp³-hybridized carbons (Fsp3) is 0.154. The van der Waals surface area contributed by atoms with Crippen molar-refractivity contribution in [2.24, 2.45) is 0 Å². The van der Waals surface area contributed by atoms with E-state index in [4.69, 9.17) is 18.6 Å². The third-order valence-corrected chi connectivity index (χ3v) is 5.20. The Morgan fingerprint density at radius 2 is 1.74 bits per heavy atom. The minimum absolute atomic E-state index is 0.0137. The largest absolute Gasteiger partial charge is 0.488 e. The number of ether oxygens (including phenoxy) is 3. The van der Waals surface area contributed by atoms with E-state index in [1.807, 2.05) is 30.3 Å². The Morgan fingerprint density at radius 1 is 1.00 bits per heavy atom. The summed E-state index contributed by atoms with van der Waals surface area (Å²) in [7, 11) is 1.38. The number of para-hydroxylation sites is 2. The van der Waals surface area contributed by atoms with Gasteiger partial charge in [0.1, 0.15) is 17.9 Å². The molecular formula is C26H21NO8. The van der Waals surface area contributed by atoms with Gasteiger partial charge in [-0.05, 0) is 23.8 Å². The summed E-state index contributed by atoms with van der Waals surface area (Å²) in [6.45, 7) is -0.0174. The second-order valence-electron chi connectivity index (χ2n) is 7.53. The molecule has 0 spiro atoms. The van der Waals surface area contributed by atoms with E-state index in [9.17, 15) is 19.7 Å². The number of benzene rings is 3. The topological polar surface area (TPSA) is 118 Å². The highest BCUT2D eigenvalue weighted by atomic mass is 16.7. The molecule has 0 saturated heterocycles. The zero-order chi connectivity index (χ0) is 24.8. The molecule has 1 heterocycles. The highest BCUT2D eigenvalue weighted by Gasteiger charge is 2.29. The molecule has 0 N–H and O–H groups in total. The number of carbonyl (C=O) groups excluding carboxylic acids is 1. The van der Waals surface area contributed by atoms with Crippen molar-refractivity contribution in [1.29, 1.82) is 0 Å². The van der Waals surface area contributed by atoms with Gasteiger partial charge in [0, 0.05) is 12.7 Å². The van der Waals surface area contributed by atoms with Gasteiger partial charge in [-0.25, -0.2) is 0 Å². The summed E-state index contributed by atoms with van der Waals surface area (Å²) in [5.41, 5.74) is 0.00738. The molecule has 9 nitrogen and oxygen atoms in total. The first kappa shape index (κ1) is 23.7. The predicted molar refractivity (Wildman–Crippen MR) is 127 cm³/mol. The quantitative estimate of drug-likeness (QED) is 0.149. The molecule has 0 bridgehead atoms. The Balaban J connectivity index is 1.83. The number of hydrogen-bond acceptors (Lipinski definition) is 8. The lowest BCUT2D eigenvalue weighted by molar-refractivity contribution is -0.386. The number of nitrogens with zero attached hydrogens (tertiary/aromatic N) is 1. The number of esters is 1. The molecule has 3 aromatic carbocycles. The van der Waals surface area contributed by atoms with E-state index in [1.165, 1.54) is 19.2 Å². The lowest BCUT2D eigenvalue weighted by Crippen LogP contribution is -2.13. The molecule has 0 atom stereocenters. The molecule has 0 aliphatic rings. The van der Waals surface area contributed by atoms with Gasteiger partial charge in [0.05, 0.1) is 22.3 Å². The van der Waals surface area contributed by atoms with Gasteiger partial charge >= 0.3 is 11.7 Å². The average molecular weight is 475 g/mol. The minimum Gasteiger partial charge on any atom is -0.488 e. The fourth-order valence-electron chi connectivity index (χ4n) is 3.60. The summed E-state index contributed by atoms with van der Waals surface area (Å²) < 4.78 is 21.6. The van der Waals surface area contributed by atoms with Crippen molar-refractivity contribution in [2.45, 2.75) is 13.0 Å². The molecule has 0 aliphatic heterocycles. The molecule has 9 heteroatoms. The van der Waals surface area contributed by atoms with E-state index in [1.54, 1.807) is 30.3 Å². The van der Waals surface area contributed by atoms with Gasteiger partial charge in [0.15, 0.2) is 6.79 Å². The molecule has 1 aromatic heterocycles. The monoisotopic (exact) mass is 475 g/mol. The van der Waals surface area contributed by atoms with Crippen molar-refractivity contribution in [3.8, 4) is 17.1 Å². The fourth-order valence-corrected chi connectivity index (χ4v) is 3.60. The molecule has 178 valence electrons. The number of nitro groups is 1. The van der Waals surface area contributed by atoms with E-state index in [-0.39, 0.29) is 42.1 Å². The Kier molecular flexibility index (Phi) is 7.18. The summed E-state index contributed by atoms with van der Waals surface area (Å²) in [4.78, 5) is 36.5. The summed E-state index contributed by atoms with van der Waals surface area (Å²) in [6.07, 6.45) is -0.215. The average Bonchev–Trinajstić information content (AvgIpc) is 2.87. The van der Waals surface area contributed by atoms with Gasteiger partial charge in [-0.2, -0.15) is 0 Å². The number of methoxy groups -OCH3 is 1. The highest BCUT2D eigenvalue weighted by Crippen LogP contribution is 2.37. The third-order valence-electron chi connectivity index (χ3n) is 5.20. The van der Waals surface area contributed by atoms with Crippen LogP contribution in [0.25, 0.3) is 22.3 Å². The molecule has 0 fully saturated rings. The van der Waals surface area contributed by atoms with E-state index in [2.05, 4.69) is 0 Å². The van der Waals surface area contributed by atoms with Crippen LogP contribution in [0.5, 0.6) is 5.75 Å². The Labute approximate surface area is 199 Å². The first-order valence-corrected chi connectivity index (χ1v) is 10.6. The van der Waals surface area contributed by atoms with Crippen molar-refractivity contribution in [2.75, 3.05) is 13.9 Å². The van der Waals surface area contributed by atoms with E-state index >= 15 is 0 Å². The zero-order valence-electron chi connectivity index (χ0n) is 18.8. The van der Waals surface area contributed by atoms with Crippen LogP contribution < -0.4 is 10.2 Å². The van der Waals surface area contributed by atoms with Crippen LogP contribution in [0.1, 0.15) is 11.1 Å². The lowest BCUT2D eigenvalue weighted by atomic mass is 10.0. The second-order valence-corrected chi connectivity index (χ2v) is 7.53. The predicted octanol–water partition coefficient (Wildman–Crippen LogP) is 4.64. The van der Waals surface area contributed by atoms with Crippen molar-refractivity contribution in [3.63, 3.8) is 0 Å². The molecule has 35 heavy (non-hydrogen) atoms. The van der Waals surface area contributed by atoms with Crippen LogP contribution >= 0.6 is 0 Å². The lowest BCUT2D eigenvalue weighted by Gasteiger charge is -2.13. The van der Waals surface area contributed by atoms with Gasteiger partial charge < -0.3 is 18.6 Å². The number of rotatable bonds is 9. The normalized spacial score (nSPS) is 10.8. The first-order chi connectivity index (χ1) is 17.0. The minimum atomic E-state index is -0.823. The molecule has 0 unspecified atom stereocenters. The van der Waals surface area contributed by atoms with Crippen molar-refractivity contribution >= 4 is 22.6 Å². The first-order valence-electron chi connectivity index (χ1n) is 10.6. The van der Waals surface area contributed by atoms with Crippen LogP contribution in [-0.4, -0.2) is 24.8 Å². The molecule has 4 aromatic rings. The smallest absolute Gasteiger partial charge is 0.359 e. The Morgan fingerprint density at radius 3 is 2.49 bits per heavy atom. The number of hydrogen-bond donors (Lipinski definition) is 0. The van der Waals surface area contributed by atoms with E-state index in [0.29, 0.717) is 11.3 Å². The summed E-state index contributed by atoms with van der Waals surface area (Å²) in [5.74, 6) is -0.554. The van der Waals surface area contributed by atoms with Crippen molar-refractivity contribution < 1.29 is 28.3 Å². The summed E-state index contributed by atoms with van der Waals surface area (Å²) in [6, 6.07) is 20.5. The van der Waals surface area contributed by atoms with Crippen LogP contribution in [0.2, 0.25) is 0 Å². The van der Waals surface area contributed by atoms with Crippen LogP contribution in [0, 0.1) is 10.1 Å². The summed E-state index contributed by atoms with van der Waals surface area (Å²) >= 11 is 0. The van der Waals surface area contributed by atoms with Gasteiger partial charge in [-0.1, -0.05) is 54.6 Å². The third kappa shape index (κ3) is 5.20. The Bertz CT molecular complexity index is 1430. The van der Waals surface area contributed by atoms with Crippen LogP contribution in [-0.2, 0) is 27.3 Å². The van der Waals surface area contributed by atoms with Gasteiger partial charge in [-0.15, -0.1) is 0 Å².